The van der Waals surface area contributed by atoms with Gasteiger partial charge in [-0.05, 0) is 36.9 Å². The molecule has 0 aliphatic heterocycles. The van der Waals surface area contributed by atoms with E-state index in [9.17, 15) is 0 Å². The van der Waals surface area contributed by atoms with Crippen molar-refractivity contribution >= 4 is 11.6 Å². The lowest BCUT2D eigenvalue weighted by Crippen LogP contribution is -2.10. The van der Waals surface area contributed by atoms with Crippen molar-refractivity contribution in [1.29, 1.82) is 0 Å². The lowest BCUT2D eigenvalue weighted by Gasteiger charge is -2.17. The van der Waals surface area contributed by atoms with Crippen LogP contribution in [0, 0.1) is 0 Å². The van der Waals surface area contributed by atoms with Crippen molar-refractivity contribution < 1.29 is 9.47 Å². The summed E-state index contributed by atoms with van der Waals surface area (Å²) < 4.78 is 11.4. The lowest BCUT2D eigenvalue weighted by molar-refractivity contribution is 0.268. The summed E-state index contributed by atoms with van der Waals surface area (Å²) in [6.45, 7) is 8.08. The van der Waals surface area contributed by atoms with Crippen LogP contribution in [0.3, 0.4) is 0 Å². The predicted molar refractivity (Wildman–Crippen MR) is 80.5 cm³/mol. The topological polar surface area (TPSA) is 44.5 Å². The van der Waals surface area contributed by atoms with Crippen molar-refractivity contribution in [3.63, 3.8) is 0 Å². The molecule has 0 fully saturated rings. The summed E-state index contributed by atoms with van der Waals surface area (Å²) >= 11 is 6.30. The van der Waals surface area contributed by atoms with E-state index in [-0.39, 0.29) is 5.92 Å². The molecule has 0 spiro atoms. The molecule has 0 aliphatic carbocycles. The maximum atomic E-state index is 6.30. The van der Waals surface area contributed by atoms with Crippen molar-refractivity contribution in [2.24, 2.45) is 5.73 Å². The van der Waals surface area contributed by atoms with E-state index >= 15 is 0 Å². The molecule has 0 saturated carbocycles. The number of benzene rings is 1. The zero-order valence-corrected chi connectivity index (χ0v) is 12.8. The summed E-state index contributed by atoms with van der Waals surface area (Å²) in [6, 6.07) is 3.80. The van der Waals surface area contributed by atoms with Gasteiger partial charge in [-0.3, -0.25) is 0 Å². The van der Waals surface area contributed by atoms with Gasteiger partial charge in [-0.25, -0.2) is 0 Å². The Bertz CT molecular complexity index is 396. The summed E-state index contributed by atoms with van der Waals surface area (Å²) in [7, 11) is 0. The first-order chi connectivity index (χ1) is 9.13. The van der Waals surface area contributed by atoms with Gasteiger partial charge < -0.3 is 15.2 Å². The van der Waals surface area contributed by atoms with Crippen LogP contribution in [-0.2, 0) is 0 Å². The van der Waals surface area contributed by atoms with E-state index in [1.54, 1.807) is 0 Å². The second-order valence-electron chi connectivity index (χ2n) is 4.65. The van der Waals surface area contributed by atoms with E-state index in [2.05, 4.69) is 20.8 Å². The van der Waals surface area contributed by atoms with Gasteiger partial charge in [-0.15, -0.1) is 0 Å². The Morgan fingerprint density at radius 3 is 2.11 bits per heavy atom. The van der Waals surface area contributed by atoms with Gasteiger partial charge >= 0.3 is 0 Å². The van der Waals surface area contributed by atoms with Crippen LogP contribution in [0.15, 0.2) is 12.1 Å². The van der Waals surface area contributed by atoms with E-state index in [0.717, 1.165) is 24.2 Å². The maximum Gasteiger partial charge on any atom is 0.162 e. The molecule has 1 atom stereocenters. The molecule has 19 heavy (non-hydrogen) atoms. The van der Waals surface area contributed by atoms with E-state index in [1.165, 1.54) is 0 Å². The van der Waals surface area contributed by atoms with Crippen molar-refractivity contribution in [2.45, 2.75) is 39.5 Å². The number of hydrogen-bond donors (Lipinski definition) is 1. The van der Waals surface area contributed by atoms with Crippen LogP contribution in [0.1, 0.15) is 45.1 Å². The third-order valence-electron chi connectivity index (χ3n) is 2.87. The molecule has 1 rings (SSSR count). The molecule has 4 heteroatoms. The van der Waals surface area contributed by atoms with Crippen LogP contribution in [0.5, 0.6) is 11.5 Å². The van der Waals surface area contributed by atoms with E-state index in [0.29, 0.717) is 30.5 Å². The fourth-order valence-corrected chi connectivity index (χ4v) is 2.05. The Balaban J connectivity index is 3.04. The minimum Gasteiger partial charge on any atom is -0.490 e. The quantitative estimate of drug-likeness (QED) is 0.786. The fraction of sp³-hybridized carbons (Fsp3) is 0.600. The summed E-state index contributed by atoms with van der Waals surface area (Å²) in [5, 5.41) is 0.688. The number of hydrogen-bond acceptors (Lipinski definition) is 3. The largest absolute Gasteiger partial charge is 0.490 e. The normalized spacial score (nSPS) is 12.3. The number of halogens is 1. The van der Waals surface area contributed by atoms with Gasteiger partial charge in [-0.2, -0.15) is 0 Å². The van der Waals surface area contributed by atoms with Gasteiger partial charge in [0.05, 0.1) is 13.2 Å². The van der Waals surface area contributed by atoms with Gasteiger partial charge in [-0.1, -0.05) is 32.4 Å². The molecular formula is C15H24ClNO2. The molecule has 1 unspecified atom stereocenters. The summed E-state index contributed by atoms with van der Waals surface area (Å²) in [5.74, 6) is 1.68. The second-order valence-corrected chi connectivity index (χ2v) is 5.06. The molecule has 0 amide bonds. The zero-order valence-electron chi connectivity index (χ0n) is 12.0. The molecule has 1 aromatic carbocycles. The third kappa shape index (κ3) is 4.59. The summed E-state index contributed by atoms with van der Waals surface area (Å²) in [4.78, 5) is 0. The fourth-order valence-electron chi connectivity index (χ4n) is 1.71. The molecule has 0 aromatic heterocycles. The highest BCUT2D eigenvalue weighted by atomic mass is 35.5. The highest BCUT2D eigenvalue weighted by Crippen LogP contribution is 2.36. The summed E-state index contributed by atoms with van der Waals surface area (Å²) in [6.07, 6.45) is 1.91. The van der Waals surface area contributed by atoms with Crippen LogP contribution in [0.2, 0.25) is 5.02 Å². The van der Waals surface area contributed by atoms with E-state index in [4.69, 9.17) is 26.8 Å². The van der Waals surface area contributed by atoms with Crippen LogP contribution >= 0.6 is 11.6 Å². The third-order valence-corrected chi connectivity index (χ3v) is 3.20. The van der Waals surface area contributed by atoms with E-state index < -0.39 is 0 Å². The summed E-state index contributed by atoms with van der Waals surface area (Å²) in [5.41, 5.74) is 6.72. The molecule has 0 saturated heterocycles. The van der Waals surface area contributed by atoms with Crippen molar-refractivity contribution in [3.05, 3.63) is 22.7 Å². The lowest BCUT2D eigenvalue weighted by atomic mass is 10.0. The van der Waals surface area contributed by atoms with Crippen LogP contribution in [0.25, 0.3) is 0 Å². The molecule has 0 bridgehead atoms. The van der Waals surface area contributed by atoms with Crippen molar-refractivity contribution in [2.75, 3.05) is 19.8 Å². The molecule has 3 nitrogen and oxygen atoms in total. The highest BCUT2D eigenvalue weighted by Gasteiger charge is 2.15. The minimum atomic E-state index is 0.205. The van der Waals surface area contributed by atoms with Gasteiger partial charge in [0.2, 0.25) is 0 Å². The van der Waals surface area contributed by atoms with Crippen LogP contribution in [-0.4, -0.2) is 19.8 Å². The number of nitrogens with two attached hydrogens (primary N) is 1. The molecule has 108 valence electrons. The monoisotopic (exact) mass is 285 g/mol. The standard InChI is InChI=1S/C15H24ClNO2/c1-4-6-18-14-8-12(11(3)10-17)13(16)9-15(14)19-7-5-2/h8-9,11H,4-7,10,17H2,1-3H3. The highest BCUT2D eigenvalue weighted by molar-refractivity contribution is 6.31. The number of ether oxygens (including phenoxy) is 2. The molecule has 0 heterocycles. The molecule has 0 aliphatic rings. The second kappa shape index (κ2) is 8.28. The smallest absolute Gasteiger partial charge is 0.162 e. The first-order valence-corrected chi connectivity index (χ1v) is 7.30. The van der Waals surface area contributed by atoms with Gasteiger partial charge in [0, 0.05) is 11.1 Å². The Labute approximate surface area is 121 Å². The SMILES string of the molecule is CCCOc1cc(Cl)c(C(C)CN)cc1OCCC. The van der Waals surface area contributed by atoms with Gasteiger partial charge in [0.1, 0.15) is 0 Å². The average molecular weight is 286 g/mol. The molecule has 2 N–H and O–H groups in total. The number of rotatable bonds is 8. The Morgan fingerprint density at radius 1 is 1.11 bits per heavy atom. The van der Waals surface area contributed by atoms with Gasteiger partial charge in [0.25, 0.3) is 0 Å². The van der Waals surface area contributed by atoms with Crippen LogP contribution < -0.4 is 15.2 Å². The van der Waals surface area contributed by atoms with Crippen molar-refractivity contribution in [3.8, 4) is 11.5 Å². The maximum absolute atomic E-state index is 6.30. The van der Waals surface area contributed by atoms with Gasteiger partial charge in [0.15, 0.2) is 11.5 Å². The van der Waals surface area contributed by atoms with Crippen LogP contribution in [0.4, 0.5) is 0 Å². The first-order valence-electron chi connectivity index (χ1n) is 6.93. The zero-order chi connectivity index (χ0) is 14.3. The Kier molecular flexibility index (Phi) is 7.03. The Hall–Kier alpha value is -0.930. The minimum absolute atomic E-state index is 0.205. The van der Waals surface area contributed by atoms with E-state index in [1.807, 2.05) is 12.1 Å². The first kappa shape index (κ1) is 16.1. The average Bonchev–Trinajstić information content (AvgIpc) is 2.43. The molecule has 0 radical (unpaired) electrons. The Morgan fingerprint density at radius 2 is 1.63 bits per heavy atom. The molecule has 1 aromatic rings. The predicted octanol–water partition coefficient (Wildman–Crippen LogP) is 3.98. The van der Waals surface area contributed by atoms with Crippen molar-refractivity contribution in [1.82, 2.24) is 0 Å². The molecular weight excluding hydrogens is 262 g/mol.